The maximum absolute atomic E-state index is 11.6. The van der Waals surface area contributed by atoms with Crippen molar-refractivity contribution in [2.45, 2.75) is 234 Å². The summed E-state index contributed by atoms with van der Waals surface area (Å²) in [7, 11) is 0. The van der Waals surface area contributed by atoms with Gasteiger partial charge in [0, 0.05) is 24.4 Å². The summed E-state index contributed by atoms with van der Waals surface area (Å²) in [5.41, 5.74) is 11.1. The van der Waals surface area contributed by atoms with Crippen LogP contribution < -0.4 is 0 Å². The van der Waals surface area contributed by atoms with Crippen LogP contribution in [-0.2, 0) is 9.59 Å². The molecule has 0 spiro atoms. The normalized spacial score (nSPS) is 43.3. The van der Waals surface area contributed by atoms with Crippen molar-refractivity contribution < 1.29 is 14.7 Å². The Labute approximate surface area is 450 Å². The first-order valence-electron chi connectivity index (χ1n) is 30.7. The number of ketones is 2. The van der Waals surface area contributed by atoms with E-state index in [1.807, 2.05) is 6.08 Å². The second-order valence-corrected chi connectivity index (χ2v) is 32.2. The highest BCUT2D eigenvalue weighted by molar-refractivity contribution is 5.95. The van der Waals surface area contributed by atoms with Crippen LogP contribution in [0, 0.1) is 126 Å². The second-order valence-electron chi connectivity index (χ2n) is 32.2. The largest absolute Gasteiger partial charge is 0.396 e. The lowest BCUT2D eigenvalue weighted by Gasteiger charge is -2.59. The fourth-order valence-electron chi connectivity index (χ4n) is 19.1. The molecule has 10 bridgehead atoms. The second kappa shape index (κ2) is 19.7. The first kappa shape index (κ1) is 57.2. The molecule has 410 valence electrons. The third-order valence-corrected chi connectivity index (χ3v) is 26.8. The maximum Gasteiger partial charge on any atom is 0.159 e. The monoisotopic (exact) mass is 1000 g/mol. The molecule has 73 heavy (non-hydrogen) atoms. The van der Waals surface area contributed by atoms with Crippen LogP contribution in [0.4, 0.5) is 0 Å². The molecule has 1 N–H and O–H groups in total. The molecular weight excluding hydrogens is 889 g/mol. The van der Waals surface area contributed by atoms with Gasteiger partial charge >= 0.3 is 0 Å². The zero-order valence-electron chi connectivity index (χ0n) is 50.7. The van der Waals surface area contributed by atoms with Gasteiger partial charge in [-0.3, -0.25) is 9.59 Å². The molecule has 13 fully saturated rings. The number of Topliss-reactive ketones (excluding diaryl/α,β-unsaturated/α-hetero) is 1. The van der Waals surface area contributed by atoms with Crippen LogP contribution in [0.5, 0.6) is 0 Å². The zero-order chi connectivity index (χ0) is 54.0. The van der Waals surface area contributed by atoms with Crippen molar-refractivity contribution in [3.63, 3.8) is 0 Å². The van der Waals surface area contributed by atoms with Gasteiger partial charge in [0.25, 0.3) is 0 Å². The van der Waals surface area contributed by atoms with E-state index in [0.717, 1.165) is 78.4 Å². The van der Waals surface area contributed by atoms with Gasteiger partial charge in [0.05, 0.1) is 0 Å². The molecule has 0 saturated heterocycles. The van der Waals surface area contributed by atoms with Crippen molar-refractivity contribution in [1.82, 2.24) is 0 Å². The van der Waals surface area contributed by atoms with Gasteiger partial charge in [0.15, 0.2) is 5.78 Å². The maximum atomic E-state index is 11.6. The molecule has 3 nitrogen and oxygen atoms in total. The molecule has 0 amide bonds. The number of carbonyl (C=O) groups is 2. The zero-order valence-corrected chi connectivity index (χ0v) is 50.7. The lowest BCUT2D eigenvalue weighted by atomic mass is 9.46. The molecular formula is C70H112O3. The predicted molar refractivity (Wildman–Crippen MR) is 309 cm³/mol. The summed E-state index contributed by atoms with van der Waals surface area (Å²) in [5.74, 6) is 12.7. The number of aliphatic hydroxyl groups is 1. The van der Waals surface area contributed by atoms with Crippen LogP contribution in [-0.4, -0.2) is 23.3 Å². The minimum Gasteiger partial charge on any atom is -0.396 e. The Morgan fingerprint density at radius 2 is 1.22 bits per heavy atom. The number of hydrogen-bond acceptors (Lipinski definition) is 3. The summed E-state index contributed by atoms with van der Waals surface area (Å²) >= 11 is 0. The molecule has 0 radical (unpaired) electrons. The third kappa shape index (κ3) is 9.99. The summed E-state index contributed by atoms with van der Waals surface area (Å²) in [4.78, 5) is 23.0. The van der Waals surface area contributed by atoms with Crippen LogP contribution in [0.1, 0.15) is 234 Å². The lowest BCUT2D eigenvalue weighted by Crippen LogP contribution is -2.53. The average molecular weight is 1000 g/mol. The van der Waals surface area contributed by atoms with Gasteiger partial charge in [-0.05, 0) is 244 Å². The first-order chi connectivity index (χ1) is 33.7. The van der Waals surface area contributed by atoms with Gasteiger partial charge < -0.3 is 5.11 Å². The van der Waals surface area contributed by atoms with E-state index in [0.29, 0.717) is 68.9 Å². The van der Waals surface area contributed by atoms with Crippen LogP contribution in [0.3, 0.4) is 0 Å². The molecule has 0 aromatic carbocycles. The highest BCUT2D eigenvalue weighted by Gasteiger charge is 2.62. The standard InChI is InChI=1S/C10H14O.C10H16O.C10H18O.4C10H16/c1-6-4-9(11)8-5-7(6)10(8,2)3;1-9(2)7-4-5-10(9,3)8(11)6-7;1-10(2)8-4-3-7(6-11)9(10)5-8;1-7-8-4-5-9(6-8)10(7,2)3;1-7-4-5-8-6-9(7)10(8,2)3;2*1-7-4-5-8-9(6-7)10(8,2)3/h4,7-8H,5H2,1-3H3;7H,4-6H2,1-3H3;7-9,11H,3-6H2,1-2H3;2*8-9H,1,4-6H2,2-3H3;6,8-9H,4-5H2,1-3H3;4,8-9H,5-6H2,1-3H3/t7-,8+;7-,10+;7?,8-,9-;8-,9+;8-,9-;;/m00010../s1. The van der Waals surface area contributed by atoms with Crippen molar-refractivity contribution in [3.8, 4) is 0 Å². The minimum absolute atomic E-state index is 0.0255. The molecule has 0 aliphatic heterocycles. The summed E-state index contributed by atoms with van der Waals surface area (Å²) < 4.78 is 0. The van der Waals surface area contributed by atoms with Crippen LogP contribution >= 0.6 is 0 Å². The molecule has 15 atom stereocenters. The van der Waals surface area contributed by atoms with E-state index in [1.54, 1.807) is 11.1 Å². The molecule has 0 aromatic rings. The molecule has 0 aromatic heterocycles. The first-order valence-corrected chi connectivity index (χ1v) is 30.7. The van der Waals surface area contributed by atoms with Crippen molar-refractivity contribution in [1.29, 1.82) is 0 Å². The number of aliphatic hydroxyl groups excluding tert-OH is 1. The number of carbonyl (C=O) groups excluding carboxylic acids is 2. The Morgan fingerprint density at radius 1 is 0.562 bits per heavy atom. The van der Waals surface area contributed by atoms with E-state index in [4.69, 9.17) is 5.11 Å². The number of hydrogen-bond donors (Lipinski definition) is 1. The number of rotatable bonds is 1. The third-order valence-electron chi connectivity index (χ3n) is 26.8. The highest BCUT2D eigenvalue weighted by atomic mass is 16.3. The van der Waals surface area contributed by atoms with Crippen molar-refractivity contribution >= 4 is 11.6 Å². The van der Waals surface area contributed by atoms with Gasteiger partial charge in [0.1, 0.15) is 5.78 Å². The minimum atomic E-state index is 0.0255. The van der Waals surface area contributed by atoms with E-state index in [1.165, 1.54) is 107 Å². The van der Waals surface area contributed by atoms with Crippen LogP contribution in [0.2, 0.25) is 0 Å². The molecule has 17 rings (SSSR count). The predicted octanol–water partition coefficient (Wildman–Crippen LogP) is 18.6. The highest BCUT2D eigenvalue weighted by Crippen LogP contribution is 2.67. The molecule has 5 unspecified atom stereocenters. The van der Waals surface area contributed by atoms with E-state index in [2.05, 4.69) is 150 Å². The van der Waals surface area contributed by atoms with E-state index in [-0.39, 0.29) is 16.2 Å². The Hall–Kier alpha value is -2.00. The summed E-state index contributed by atoms with van der Waals surface area (Å²) in [6, 6.07) is 0. The summed E-state index contributed by atoms with van der Waals surface area (Å²) in [5, 5.41) is 9.12. The summed E-state index contributed by atoms with van der Waals surface area (Å²) in [6.07, 6.45) is 29.1. The van der Waals surface area contributed by atoms with Crippen LogP contribution in [0.25, 0.3) is 0 Å². The average Bonchev–Trinajstić information content (AvgIpc) is 3.68. The number of fused-ring (bicyclic) bond motifs is 11. The molecule has 0 heterocycles. The summed E-state index contributed by atoms with van der Waals surface area (Å²) in [6.45, 7) is 50.3. The number of allylic oxidation sites excluding steroid dienone is 8. The Morgan fingerprint density at radius 3 is 1.58 bits per heavy atom. The quantitative estimate of drug-likeness (QED) is 0.266. The molecule has 3 heteroatoms. The fraction of sp³-hybridized carbons (Fsp3) is 0.829. The van der Waals surface area contributed by atoms with Crippen molar-refractivity contribution in [2.75, 3.05) is 6.61 Å². The Bertz CT molecular complexity index is 2230. The SMILES string of the molecule is C=C1CC[C@H]2C[C@@H]1C2(C)C.C=C1[C@@H]2CC[C@@H](C2)C1(C)C.CC1(C)[C@H]2CCC(CO)[C@@H]1C2.CC1(C)[C@H]2CC[C@]1(C)C(=O)C2.CC1=CC(=O)[C@H]2C[C@@H]1C2(C)C.CC1=CC2C(CC1)C2(C)C.CC1=CCC2C(C1)C2(C)C. The smallest absolute Gasteiger partial charge is 0.159 e. The molecule has 13 saturated carbocycles. The Kier molecular flexibility index (Phi) is 15.4. The Balaban J connectivity index is 0.000000114. The van der Waals surface area contributed by atoms with Gasteiger partial charge in [-0.1, -0.05) is 157 Å². The van der Waals surface area contributed by atoms with Gasteiger partial charge in [-0.25, -0.2) is 0 Å². The van der Waals surface area contributed by atoms with E-state index < -0.39 is 0 Å². The van der Waals surface area contributed by atoms with Crippen LogP contribution in [0.15, 0.2) is 59.3 Å². The van der Waals surface area contributed by atoms with Gasteiger partial charge in [0.2, 0.25) is 0 Å². The van der Waals surface area contributed by atoms with E-state index in [9.17, 15) is 9.59 Å². The molecule has 17 aliphatic carbocycles. The molecule has 17 aliphatic rings. The lowest BCUT2D eigenvalue weighted by molar-refractivity contribution is -0.134. The fourth-order valence-corrected chi connectivity index (χ4v) is 19.1. The topological polar surface area (TPSA) is 54.4 Å². The van der Waals surface area contributed by atoms with Gasteiger partial charge in [-0.15, -0.1) is 0 Å². The van der Waals surface area contributed by atoms with Gasteiger partial charge in [-0.2, -0.15) is 0 Å². The van der Waals surface area contributed by atoms with E-state index >= 15 is 0 Å². The van der Waals surface area contributed by atoms with Crippen molar-refractivity contribution in [3.05, 3.63) is 59.3 Å². The van der Waals surface area contributed by atoms with Crippen molar-refractivity contribution in [2.24, 2.45) is 126 Å².